The second kappa shape index (κ2) is 8.24. The van der Waals surface area contributed by atoms with Crippen molar-refractivity contribution < 1.29 is 18.0 Å². The Kier molecular flexibility index (Phi) is 5.76. The first kappa shape index (κ1) is 19.6. The van der Waals surface area contributed by atoms with Gasteiger partial charge in [-0.15, -0.1) is 11.3 Å². The standard InChI is InChI=1S/C19H17N3O4S2/c1-20-17(23)15-11-12-27-19(15)21-18(24)14-9-5-6-10-16(14)22-28(25,26)13-7-3-2-4-8-13/h2-12,22H,1H3,(H,20,23)(H,21,24). The smallest absolute Gasteiger partial charge is 0.261 e. The molecule has 0 spiro atoms. The van der Waals surface area contributed by atoms with Gasteiger partial charge >= 0.3 is 0 Å². The summed E-state index contributed by atoms with van der Waals surface area (Å²) < 4.78 is 27.6. The molecule has 9 heteroatoms. The zero-order valence-electron chi connectivity index (χ0n) is 14.8. The molecule has 144 valence electrons. The van der Waals surface area contributed by atoms with Crippen molar-refractivity contribution in [1.82, 2.24) is 5.32 Å². The van der Waals surface area contributed by atoms with Crippen molar-refractivity contribution in [2.45, 2.75) is 4.90 Å². The molecule has 3 aromatic rings. The van der Waals surface area contributed by atoms with Crippen LogP contribution >= 0.6 is 11.3 Å². The van der Waals surface area contributed by atoms with Crippen LogP contribution in [-0.4, -0.2) is 27.3 Å². The molecular formula is C19H17N3O4S2. The van der Waals surface area contributed by atoms with Crippen LogP contribution < -0.4 is 15.4 Å². The molecule has 0 fully saturated rings. The van der Waals surface area contributed by atoms with Gasteiger partial charge in [0.05, 0.1) is 21.7 Å². The lowest BCUT2D eigenvalue weighted by atomic mass is 10.1. The maximum atomic E-state index is 12.7. The van der Waals surface area contributed by atoms with Crippen LogP contribution in [0.25, 0.3) is 0 Å². The molecule has 0 bridgehead atoms. The number of sulfonamides is 1. The fourth-order valence-electron chi connectivity index (χ4n) is 2.46. The summed E-state index contributed by atoms with van der Waals surface area (Å²) in [6.07, 6.45) is 0. The normalized spacial score (nSPS) is 10.9. The molecule has 1 heterocycles. The van der Waals surface area contributed by atoms with Crippen LogP contribution in [0.4, 0.5) is 10.7 Å². The van der Waals surface area contributed by atoms with Crippen molar-refractivity contribution in [1.29, 1.82) is 0 Å². The first-order valence-corrected chi connectivity index (χ1v) is 10.6. The van der Waals surface area contributed by atoms with E-state index in [0.717, 1.165) is 0 Å². The van der Waals surface area contributed by atoms with Crippen molar-refractivity contribution >= 4 is 43.9 Å². The van der Waals surface area contributed by atoms with E-state index in [9.17, 15) is 18.0 Å². The number of hydrogen-bond acceptors (Lipinski definition) is 5. The van der Waals surface area contributed by atoms with Gasteiger partial charge in [0.15, 0.2) is 0 Å². The van der Waals surface area contributed by atoms with Gasteiger partial charge in [0.2, 0.25) is 0 Å². The van der Waals surface area contributed by atoms with E-state index in [-0.39, 0.29) is 22.1 Å². The molecule has 0 saturated heterocycles. The summed E-state index contributed by atoms with van der Waals surface area (Å²) in [7, 11) is -2.35. The van der Waals surface area contributed by atoms with Gasteiger partial charge in [0.1, 0.15) is 5.00 Å². The van der Waals surface area contributed by atoms with E-state index in [0.29, 0.717) is 10.6 Å². The molecule has 0 aliphatic carbocycles. The van der Waals surface area contributed by atoms with Crippen LogP contribution in [0, 0.1) is 0 Å². The van der Waals surface area contributed by atoms with Crippen LogP contribution in [0.15, 0.2) is 70.9 Å². The Morgan fingerprint density at radius 2 is 1.54 bits per heavy atom. The molecule has 1 aromatic heterocycles. The molecule has 28 heavy (non-hydrogen) atoms. The fraction of sp³-hybridized carbons (Fsp3) is 0.0526. The van der Waals surface area contributed by atoms with Crippen molar-refractivity contribution in [3.8, 4) is 0 Å². The average molecular weight is 415 g/mol. The van der Waals surface area contributed by atoms with Gasteiger partial charge in [-0.05, 0) is 35.7 Å². The number of rotatable bonds is 6. The molecule has 3 N–H and O–H groups in total. The van der Waals surface area contributed by atoms with Crippen LogP contribution in [0.3, 0.4) is 0 Å². The zero-order chi connectivity index (χ0) is 20.1. The summed E-state index contributed by atoms with van der Waals surface area (Å²) in [5.41, 5.74) is 0.614. The molecule has 0 aliphatic rings. The van der Waals surface area contributed by atoms with Gasteiger partial charge in [-0.25, -0.2) is 8.42 Å². The third-order valence-electron chi connectivity index (χ3n) is 3.83. The Balaban J connectivity index is 1.88. The van der Waals surface area contributed by atoms with E-state index in [1.165, 1.54) is 42.6 Å². The first-order chi connectivity index (χ1) is 13.4. The van der Waals surface area contributed by atoms with Gasteiger partial charge in [-0.2, -0.15) is 0 Å². The molecule has 2 aromatic carbocycles. The number of amides is 2. The van der Waals surface area contributed by atoms with E-state index in [1.807, 2.05) is 0 Å². The number of nitrogens with one attached hydrogen (secondary N) is 3. The Hall–Kier alpha value is -3.17. The second-order valence-corrected chi connectivity index (χ2v) is 8.26. The average Bonchev–Trinajstić information content (AvgIpc) is 3.16. The highest BCUT2D eigenvalue weighted by atomic mass is 32.2. The van der Waals surface area contributed by atoms with Crippen molar-refractivity contribution in [2.75, 3.05) is 17.1 Å². The minimum absolute atomic E-state index is 0.0883. The molecule has 0 unspecified atom stereocenters. The summed E-state index contributed by atoms with van der Waals surface area (Å²) in [5.74, 6) is -0.853. The predicted molar refractivity (Wildman–Crippen MR) is 109 cm³/mol. The van der Waals surface area contributed by atoms with Crippen LogP contribution in [0.1, 0.15) is 20.7 Å². The Morgan fingerprint density at radius 3 is 2.25 bits per heavy atom. The summed E-state index contributed by atoms with van der Waals surface area (Å²) in [6.45, 7) is 0. The lowest BCUT2D eigenvalue weighted by Crippen LogP contribution is -2.21. The topological polar surface area (TPSA) is 104 Å². The highest BCUT2D eigenvalue weighted by Crippen LogP contribution is 2.26. The van der Waals surface area contributed by atoms with E-state index < -0.39 is 15.9 Å². The maximum Gasteiger partial charge on any atom is 0.261 e. The Labute approximate surface area is 166 Å². The van der Waals surface area contributed by atoms with Crippen LogP contribution in [-0.2, 0) is 10.0 Å². The highest BCUT2D eigenvalue weighted by molar-refractivity contribution is 7.92. The van der Waals surface area contributed by atoms with E-state index in [4.69, 9.17) is 0 Å². The second-order valence-electron chi connectivity index (χ2n) is 5.66. The highest BCUT2D eigenvalue weighted by Gasteiger charge is 2.20. The number of thiophene rings is 1. The largest absolute Gasteiger partial charge is 0.355 e. The third-order valence-corrected chi connectivity index (χ3v) is 6.04. The molecule has 2 amide bonds. The summed E-state index contributed by atoms with van der Waals surface area (Å²) in [6, 6.07) is 15.7. The van der Waals surface area contributed by atoms with Crippen LogP contribution in [0.2, 0.25) is 0 Å². The van der Waals surface area contributed by atoms with E-state index in [1.54, 1.807) is 41.8 Å². The fourth-order valence-corrected chi connectivity index (χ4v) is 4.34. The Bertz CT molecular complexity index is 1110. The van der Waals surface area contributed by atoms with Gasteiger partial charge in [0.25, 0.3) is 21.8 Å². The SMILES string of the molecule is CNC(=O)c1ccsc1NC(=O)c1ccccc1NS(=O)(=O)c1ccccc1. The van der Waals surface area contributed by atoms with E-state index in [2.05, 4.69) is 15.4 Å². The molecule has 0 atom stereocenters. The quantitative estimate of drug-likeness (QED) is 0.575. The minimum atomic E-state index is -3.85. The number of para-hydroxylation sites is 1. The molecule has 7 nitrogen and oxygen atoms in total. The first-order valence-electron chi connectivity index (χ1n) is 8.20. The monoisotopic (exact) mass is 415 g/mol. The number of anilines is 2. The minimum Gasteiger partial charge on any atom is -0.355 e. The number of hydrogen-bond donors (Lipinski definition) is 3. The summed E-state index contributed by atoms with van der Waals surface area (Å²) >= 11 is 1.20. The lowest BCUT2D eigenvalue weighted by molar-refractivity contribution is 0.0964. The van der Waals surface area contributed by atoms with E-state index >= 15 is 0 Å². The van der Waals surface area contributed by atoms with Crippen molar-refractivity contribution in [3.05, 3.63) is 77.2 Å². The molecule has 3 rings (SSSR count). The zero-order valence-corrected chi connectivity index (χ0v) is 16.4. The number of carbonyl (C=O) groups is 2. The third kappa shape index (κ3) is 4.21. The van der Waals surface area contributed by atoms with Gasteiger partial charge in [-0.3, -0.25) is 14.3 Å². The van der Waals surface area contributed by atoms with Gasteiger partial charge < -0.3 is 10.6 Å². The van der Waals surface area contributed by atoms with Crippen LogP contribution in [0.5, 0.6) is 0 Å². The van der Waals surface area contributed by atoms with Crippen molar-refractivity contribution in [3.63, 3.8) is 0 Å². The summed E-state index contributed by atoms with van der Waals surface area (Å²) in [4.78, 5) is 24.7. The predicted octanol–water partition coefficient (Wildman–Crippen LogP) is 3.16. The lowest BCUT2D eigenvalue weighted by Gasteiger charge is -2.13. The molecule has 0 saturated carbocycles. The Morgan fingerprint density at radius 1 is 0.857 bits per heavy atom. The maximum absolute atomic E-state index is 12.7. The van der Waals surface area contributed by atoms with Gasteiger partial charge in [0, 0.05) is 7.05 Å². The van der Waals surface area contributed by atoms with Gasteiger partial charge in [-0.1, -0.05) is 30.3 Å². The molecular weight excluding hydrogens is 398 g/mol. The van der Waals surface area contributed by atoms with Crippen molar-refractivity contribution in [2.24, 2.45) is 0 Å². The molecule has 0 radical (unpaired) electrons. The summed E-state index contributed by atoms with van der Waals surface area (Å²) in [5, 5.41) is 7.24. The molecule has 0 aliphatic heterocycles. The number of carbonyl (C=O) groups excluding carboxylic acids is 2. The number of benzene rings is 2.